The molecule has 0 saturated heterocycles. The first-order valence-corrected chi connectivity index (χ1v) is 7.40. The molecule has 0 saturated carbocycles. The van der Waals surface area contributed by atoms with Crippen LogP contribution in [0.5, 0.6) is 0 Å². The SMILES string of the molecule is CN(CCC(O)c1ccc(Br)cc1Cl)C(C)(C)CO. The van der Waals surface area contributed by atoms with Gasteiger partial charge in [0.15, 0.2) is 0 Å². The summed E-state index contributed by atoms with van der Waals surface area (Å²) in [5.74, 6) is 0. The van der Waals surface area contributed by atoms with E-state index in [1.807, 2.05) is 37.9 Å². The van der Waals surface area contributed by atoms with Crippen LogP contribution in [0.15, 0.2) is 22.7 Å². The van der Waals surface area contributed by atoms with E-state index in [0.29, 0.717) is 18.0 Å². The van der Waals surface area contributed by atoms with Gasteiger partial charge in [-0.05, 0) is 45.0 Å². The molecule has 5 heteroatoms. The normalized spacial score (nSPS) is 13.9. The van der Waals surface area contributed by atoms with Gasteiger partial charge in [-0.2, -0.15) is 0 Å². The first-order chi connectivity index (χ1) is 8.77. The second kappa shape index (κ2) is 7.04. The fraction of sp³-hybridized carbons (Fsp3) is 0.571. The summed E-state index contributed by atoms with van der Waals surface area (Å²) < 4.78 is 0.895. The summed E-state index contributed by atoms with van der Waals surface area (Å²) in [6.07, 6.45) is -0.0288. The highest BCUT2D eigenvalue weighted by Crippen LogP contribution is 2.28. The van der Waals surface area contributed by atoms with Gasteiger partial charge >= 0.3 is 0 Å². The Morgan fingerprint density at radius 2 is 2.05 bits per heavy atom. The van der Waals surface area contributed by atoms with Crippen LogP contribution in [0.1, 0.15) is 31.9 Å². The van der Waals surface area contributed by atoms with E-state index in [1.54, 1.807) is 6.07 Å². The van der Waals surface area contributed by atoms with Gasteiger partial charge in [0.05, 0.1) is 12.7 Å². The number of benzene rings is 1. The molecule has 0 radical (unpaired) electrons. The second-order valence-corrected chi connectivity index (χ2v) is 6.69. The highest BCUT2D eigenvalue weighted by atomic mass is 79.9. The van der Waals surface area contributed by atoms with Crippen LogP contribution in [0, 0.1) is 0 Å². The molecule has 1 aromatic carbocycles. The average Bonchev–Trinajstić information content (AvgIpc) is 2.35. The molecule has 1 atom stereocenters. The quantitative estimate of drug-likeness (QED) is 0.828. The highest BCUT2D eigenvalue weighted by molar-refractivity contribution is 9.10. The van der Waals surface area contributed by atoms with Crippen LogP contribution in [0.25, 0.3) is 0 Å². The van der Waals surface area contributed by atoms with Crippen molar-refractivity contribution in [3.63, 3.8) is 0 Å². The van der Waals surface area contributed by atoms with E-state index in [2.05, 4.69) is 15.9 Å². The molecule has 0 heterocycles. The van der Waals surface area contributed by atoms with Crippen LogP contribution < -0.4 is 0 Å². The van der Waals surface area contributed by atoms with E-state index in [0.717, 1.165) is 10.0 Å². The van der Waals surface area contributed by atoms with Crippen molar-refractivity contribution >= 4 is 27.5 Å². The van der Waals surface area contributed by atoms with Crippen molar-refractivity contribution in [3.8, 4) is 0 Å². The lowest BCUT2D eigenvalue weighted by Crippen LogP contribution is -2.44. The largest absolute Gasteiger partial charge is 0.394 e. The minimum atomic E-state index is -0.599. The van der Waals surface area contributed by atoms with E-state index >= 15 is 0 Å². The Balaban J connectivity index is 2.63. The van der Waals surface area contributed by atoms with Crippen LogP contribution in [0.2, 0.25) is 5.02 Å². The summed E-state index contributed by atoms with van der Waals surface area (Å²) in [6.45, 7) is 4.69. The lowest BCUT2D eigenvalue weighted by Gasteiger charge is -2.34. The van der Waals surface area contributed by atoms with Gasteiger partial charge in [0, 0.05) is 21.6 Å². The maximum absolute atomic E-state index is 10.2. The van der Waals surface area contributed by atoms with Crippen molar-refractivity contribution in [1.29, 1.82) is 0 Å². The van der Waals surface area contributed by atoms with Crippen LogP contribution in [0.4, 0.5) is 0 Å². The summed E-state index contributed by atoms with van der Waals surface area (Å²) in [7, 11) is 1.94. The van der Waals surface area contributed by atoms with E-state index < -0.39 is 6.10 Å². The van der Waals surface area contributed by atoms with Gasteiger partial charge in [0.1, 0.15) is 0 Å². The lowest BCUT2D eigenvalue weighted by atomic mass is 10.0. The summed E-state index contributed by atoms with van der Waals surface area (Å²) in [4.78, 5) is 2.03. The Morgan fingerprint density at radius 3 is 2.58 bits per heavy atom. The molecule has 108 valence electrons. The highest BCUT2D eigenvalue weighted by Gasteiger charge is 2.23. The molecular formula is C14H21BrClNO2. The zero-order valence-electron chi connectivity index (χ0n) is 11.5. The van der Waals surface area contributed by atoms with Gasteiger partial charge in [-0.15, -0.1) is 0 Å². The predicted molar refractivity (Wildman–Crippen MR) is 82.5 cm³/mol. The lowest BCUT2D eigenvalue weighted by molar-refractivity contribution is 0.0619. The molecule has 1 unspecified atom stereocenters. The summed E-state index contributed by atoms with van der Waals surface area (Å²) in [5.41, 5.74) is 0.448. The van der Waals surface area contributed by atoms with Crippen LogP contribution in [-0.2, 0) is 0 Å². The Labute approximate surface area is 128 Å². The minimum Gasteiger partial charge on any atom is -0.394 e. The molecule has 1 aromatic rings. The number of aliphatic hydroxyl groups is 2. The number of likely N-dealkylation sites (N-methyl/N-ethyl adjacent to an activating group) is 1. The molecule has 0 fully saturated rings. The number of halogens is 2. The zero-order chi connectivity index (χ0) is 14.6. The molecule has 0 bridgehead atoms. The van der Waals surface area contributed by atoms with Gasteiger partial charge in [0.25, 0.3) is 0 Å². The smallest absolute Gasteiger partial charge is 0.0816 e. The maximum Gasteiger partial charge on any atom is 0.0816 e. The Morgan fingerprint density at radius 1 is 1.42 bits per heavy atom. The molecule has 19 heavy (non-hydrogen) atoms. The van der Waals surface area contributed by atoms with E-state index in [9.17, 15) is 10.2 Å². The van der Waals surface area contributed by atoms with Gasteiger partial charge < -0.3 is 10.2 Å². The van der Waals surface area contributed by atoms with E-state index in [-0.39, 0.29) is 12.1 Å². The minimum absolute atomic E-state index is 0.0820. The van der Waals surface area contributed by atoms with E-state index in [1.165, 1.54) is 0 Å². The topological polar surface area (TPSA) is 43.7 Å². The number of rotatable bonds is 6. The molecule has 0 aliphatic carbocycles. The van der Waals surface area contributed by atoms with Crippen molar-refractivity contribution in [3.05, 3.63) is 33.3 Å². The van der Waals surface area contributed by atoms with Crippen LogP contribution >= 0.6 is 27.5 Å². The van der Waals surface area contributed by atoms with Crippen molar-refractivity contribution in [2.75, 3.05) is 20.2 Å². The Bertz CT molecular complexity index is 426. The summed E-state index contributed by atoms with van der Waals surface area (Å²) >= 11 is 9.45. The predicted octanol–water partition coefficient (Wildman–Crippen LogP) is 3.23. The van der Waals surface area contributed by atoms with Crippen molar-refractivity contribution in [2.24, 2.45) is 0 Å². The van der Waals surface area contributed by atoms with Gasteiger partial charge in [-0.25, -0.2) is 0 Å². The molecule has 0 aliphatic heterocycles. The van der Waals surface area contributed by atoms with Gasteiger partial charge in [0.2, 0.25) is 0 Å². The first-order valence-electron chi connectivity index (χ1n) is 6.23. The molecule has 0 spiro atoms. The molecule has 0 aromatic heterocycles. The fourth-order valence-electron chi connectivity index (χ4n) is 1.67. The number of hydrogen-bond donors (Lipinski definition) is 2. The van der Waals surface area contributed by atoms with Gasteiger partial charge in [-0.1, -0.05) is 33.6 Å². The van der Waals surface area contributed by atoms with Crippen molar-refractivity contribution < 1.29 is 10.2 Å². The number of aliphatic hydroxyl groups excluding tert-OH is 2. The number of nitrogens with zero attached hydrogens (tertiary/aromatic N) is 1. The standard InChI is InChI=1S/C14H21BrClNO2/c1-14(2,9-18)17(3)7-6-13(19)11-5-4-10(15)8-12(11)16/h4-5,8,13,18-19H,6-7,9H2,1-3H3. The number of hydrogen-bond acceptors (Lipinski definition) is 3. The molecule has 1 rings (SSSR count). The summed E-state index contributed by atoms with van der Waals surface area (Å²) in [6, 6.07) is 5.47. The van der Waals surface area contributed by atoms with Crippen molar-refractivity contribution in [1.82, 2.24) is 4.90 Å². The summed E-state index contributed by atoms with van der Waals surface area (Å²) in [5, 5.41) is 20.0. The zero-order valence-corrected chi connectivity index (χ0v) is 13.9. The second-order valence-electron chi connectivity index (χ2n) is 5.36. The van der Waals surface area contributed by atoms with Crippen molar-refractivity contribution in [2.45, 2.75) is 31.9 Å². The van der Waals surface area contributed by atoms with Gasteiger partial charge in [-0.3, -0.25) is 4.90 Å². The third-order valence-corrected chi connectivity index (χ3v) is 4.30. The molecule has 0 aliphatic rings. The van der Waals surface area contributed by atoms with E-state index in [4.69, 9.17) is 11.6 Å². The molecule has 3 nitrogen and oxygen atoms in total. The third-order valence-electron chi connectivity index (χ3n) is 3.48. The molecular weight excluding hydrogens is 330 g/mol. The third kappa shape index (κ3) is 4.72. The first kappa shape index (κ1) is 16.9. The monoisotopic (exact) mass is 349 g/mol. The Kier molecular flexibility index (Phi) is 6.27. The Hall–Kier alpha value is -0.130. The maximum atomic E-state index is 10.2. The average molecular weight is 351 g/mol. The molecule has 2 N–H and O–H groups in total. The van der Waals surface area contributed by atoms with Crippen LogP contribution in [0.3, 0.4) is 0 Å². The van der Waals surface area contributed by atoms with Crippen LogP contribution in [-0.4, -0.2) is 40.9 Å². The fourth-order valence-corrected chi connectivity index (χ4v) is 2.47. The molecule has 0 amide bonds.